The Bertz CT molecular complexity index is 910. The molecule has 1 aliphatic carbocycles. The molecule has 2 N–H and O–H groups in total. The fourth-order valence-corrected chi connectivity index (χ4v) is 3.36. The molecule has 0 spiro atoms. The topological polar surface area (TPSA) is 87.7 Å². The number of hydrogen-bond donors (Lipinski definition) is 2. The van der Waals surface area contributed by atoms with Crippen LogP contribution in [0.3, 0.4) is 0 Å². The minimum absolute atomic E-state index is 0.0120. The molecule has 0 fully saturated rings. The van der Waals surface area contributed by atoms with E-state index in [-0.39, 0.29) is 37.2 Å². The Kier molecular flexibility index (Phi) is 9.37. The molecular weight excluding hydrogens is 432 g/mol. The van der Waals surface area contributed by atoms with Crippen LogP contribution in [0, 0.1) is 18.6 Å². The highest BCUT2D eigenvalue weighted by Crippen LogP contribution is 2.18. The van der Waals surface area contributed by atoms with Crippen LogP contribution >= 0.6 is 0 Å². The number of rotatable bonds is 8. The summed E-state index contributed by atoms with van der Waals surface area (Å²) in [5.41, 5.74) is 0.479. The number of ether oxygens (including phenoxy) is 1. The Morgan fingerprint density at radius 1 is 1.12 bits per heavy atom. The molecule has 0 saturated heterocycles. The number of nitrogens with one attached hydrogen (secondary N) is 2. The van der Waals surface area contributed by atoms with E-state index in [9.17, 15) is 23.2 Å². The second-order valence-corrected chi connectivity index (χ2v) is 9.14. The van der Waals surface area contributed by atoms with Gasteiger partial charge in [-0.1, -0.05) is 6.08 Å². The highest BCUT2D eigenvalue weighted by atomic mass is 19.1. The zero-order chi connectivity index (χ0) is 24.6. The molecule has 182 valence electrons. The Balaban J connectivity index is 2.06. The lowest BCUT2D eigenvalue weighted by Gasteiger charge is -2.24. The summed E-state index contributed by atoms with van der Waals surface area (Å²) >= 11 is 0. The average molecular weight is 466 g/mol. The molecule has 1 aliphatic rings. The molecule has 0 radical (unpaired) electrons. The summed E-state index contributed by atoms with van der Waals surface area (Å²) in [4.78, 5) is 38.4. The number of allylic oxidation sites excluding steroid dienone is 2. The molecule has 1 aromatic rings. The van der Waals surface area contributed by atoms with Gasteiger partial charge in [-0.15, -0.1) is 0 Å². The summed E-state index contributed by atoms with van der Waals surface area (Å²) in [6.45, 7) is 6.15. The molecule has 0 unspecified atom stereocenters. The van der Waals surface area contributed by atoms with E-state index in [1.54, 1.807) is 20.8 Å². The Hall–Kier alpha value is -2.97. The predicted molar refractivity (Wildman–Crippen MR) is 120 cm³/mol. The van der Waals surface area contributed by atoms with Crippen LogP contribution in [0.5, 0.6) is 0 Å². The summed E-state index contributed by atoms with van der Waals surface area (Å²) in [7, 11) is 0. The minimum atomic E-state index is -0.793. The zero-order valence-electron chi connectivity index (χ0n) is 19.7. The standard InChI is InChI=1S/C24H33F2N3O4/c1-16-12-17(20(26)13-19(16)25)14-29(15-21(30)28-18-8-6-5-7-9-18)22(31)10-11-27-23(32)33-24(2,3)4/h8,12-13H,5-7,9-11,14-15H2,1-4H3,(H,27,32)(H,28,30). The van der Waals surface area contributed by atoms with Crippen LogP contribution in [0.15, 0.2) is 23.9 Å². The van der Waals surface area contributed by atoms with Gasteiger partial charge in [0.1, 0.15) is 23.8 Å². The first-order chi connectivity index (χ1) is 15.4. The third kappa shape index (κ3) is 9.19. The van der Waals surface area contributed by atoms with Crippen molar-refractivity contribution in [3.05, 3.63) is 46.7 Å². The van der Waals surface area contributed by atoms with Crippen LogP contribution in [-0.2, 0) is 20.9 Å². The van der Waals surface area contributed by atoms with Crippen molar-refractivity contribution in [2.45, 2.75) is 71.9 Å². The molecule has 2 rings (SSSR count). The third-order valence-electron chi connectivity index (χ3n) is 4.97. The number of amides is 3. The van der Waals surface area contributed by atoms with Crippen LogP contribution in [0.1, 0.15) is 64.0 Å². The van der Waals surface area contributed by atoms with Gasteiger partial charge in [0.15, 0.2) is 0 Å². The van der Waals surface area contributed by atoms with E-state index in [0.29, 0.717) is 0 Å². The maximum Gasteiger partial charge on any atom is 0.407 e. The fourth-order valence-electron chi connectivity index (χ4n) is 3.36. The van der Waals surface area contributed by atoms with E-state index in [2.05, 4.69) is 10.6 Å². The van der Waals surface area contributed by atoms with E-state index < -0.39 is 35.1 Å². The van der Waals surface area contributed by atoms with Crippen molar-refractivity contribution in [1.29, 1.82) is 0 Å². The lowest BCUT2D eigenvalue weighted by Crippen LogP contribution is -2.42. The van der Waals surface area contributed by atoms with E-state index in [4.69, 9.17) is 4.74 Å². The fraction of sp³-hybridized carbons (Fsp3) is 0.542. The van der Waals surface area contributed by atoms with E-state index in [1.807, 2.05) is 6.08 Å². The predicted octanol–water partition coefficient (Wildman–Crippen LogP) is 4.09. The van der Waals surface area contributed by atoms with Gasteiger partial charge in [0.05, 0.1) is 0 Å². The van der Waals surface area contributed by atoms with Crippen LogP contribution in [0.25, 0.3) is 0 Å². The van der Waals surface area contributed by atoms with Crippen LogP contribution in [-0.4, -0.2) is 41.5 Å². The maximum atomic E-state index is 14.3. The van der Waals surface area contributed by atoms with Crippen molar-refractivity contribution < 1.29 is 27.9 Å². The van der Waals surface area contributed by atoms with Gasteiger partial charge in [0.25, 0.3) is 0 Å². The second kappa shape index (κ2) is 11.8. The molecule has 1 aromatic carbocycles. The molecule has 7 nitrogen and oxygen atoms in total. The molecule has 3 amide bonds. The van der Waals surface area contributed by atoms with E-state index >= 15 is 0 Å². The largest absolute Gasteiger partial charge is 0.444 e. The summed E-state index contributed by atoms with van der Waals surface area (Å²) in [5, 5.41) is 5.30. The van der Waals surface area contributed by atoms with Crippen molar-refractivity contribution >= 4 is 17.9 Å². The van der Waals surface area contributed by atoms with Gasteiger partial charge in [0.2, 0.25) is 11.8 Å². The van der Waals surface area contributed by atoms with Gasteiger partial charge >= 0.3 is 6.09 Å². The van der Waals surface area contributed by atoms with Crippen LogP contribution in [0.2, 0.25) is 0 Å². The van der Waals surface area contributed by atoms with Gasteiger partial charge in [-0.2, -0.15) is 0 Å². The van der Waals surface area contributed by atoms with Gasteiger partial charge in [-0.3, -0.25) is 9.59 Å². The van der Waals surface area contributed by atoms with Gasteiger partial charge in [-0.25, -0.2) is 13.6 Å². The number of alkyl carbamates (subject to hydrolysis) is 1. The number of aryl methyl sites for hydroxylation is 1. The molecule has 9 heteroatoms. The molecule has 0 heterocycles. The number of halogens is 2. The van der Waals surface area contributed by atoms with Crippen molar-refractivity contribution in [2.75, 3.05) is 13.1 Å². The summed E-state index contributed by atoms with van der Waals surface area (Å²) in [6.07, 6.45) is 4.87. The third-order valence-corrected chi connectivity index (χ3v) is 4.97. The van der Waals surface area contributed by atoms with Crippen molar-refractivity contribution in [1.82, 2.24) is 15.5 Å². The normalized spacial score (nSPS) is 13.7. The van der Waals surface area contributed by atoms with E-state index in [0.717, 1.165) is 37.4 Å². The molecule has 33 heavy (non-hydrogen) atoms. The first-order valence-corrected chi connectivity index (χ1v) is 11.1. The lowest BCUT2D eigenvalue weighted by atomic mass is 10.0. The van der Waals surface area contributed by atoms with Crippen molar-refractivity contribution in [2.24, 2.45) is 0 Å². The highest BCUT2D eigenvalue weighted by molar-refractivity contribution is 5.86. The lowest BCUT2D eigenvalue weighted by molar-refractivity contribution is -0.136. The SMILES string of the molecule is Cc1cc(CN(CC(=O)NC2=CCCCC2)C(=O)CCNC(=O)OC(C)(C)C)c(F)cc1F. The zero-order valence-corrected chi connectivity index (χ0v) is 19.7. The smallest absolute Gasteiger partial charge is 0.407 e. The molecule has 0 atom stereocenters. The molecule has 0 saturated carbocycles. The highest BCUT2D eigenvalue weighted by Gasteiger charge is 2.22. The first kappa shape index (κ1) is 26.3. The molecule has 0 aromatic heterocycles. The van der Waals surface area contributed by atoms with Crippen LogP contribution in [0.4, 0.5) is 13.6 Å². The summed E-state index contributed by atoms with van der Waals surface area (Å²) in [6, 6.07) is 2.09. The summed E-state index contributed by atoms with van der Waals surface area (Å²) in [5.74, 6) is -2.33. The van der Waals surface area contributed by atoms with Gasteiger partial charge < -0.3 is 20.3 Å². The Morgan fingerprint density at radius 3 is 2.48 bits per heavy atom. The summed E-state index contributed by atoms with van der Waals surface area (Å²) < 4.78 is 33.1. The van der Waals surface area contributed by atoms with Crippen molar-refractivity contribution in [3.8, 4) is 0 Å². The Labute approximate surface area is 193 Å². The van der Waals surface area contributed by atoms with E-state index in [1.165, 1.54) is 17.9 Å². The number of benzene rings is 1. The van der Waals surface area contributed by atoms with Crippen molar-refractivity contribution in [3.63, 3.8) is 0 Å². The Morgan fingerprint density at radius 2 is 1.85 bits per heavy atom. The average Bonchev–Trinajstić information content (AvgIpc) is 2.70. The minimum Gasteiger partial charge on any atom is -0.444 e. The molecular formula is C24H33F2N3O4. The van der Waals surface area contributed by atoms with Crippen LogP contribution < -0.4 is 10.6 Å². The monoisotopic (exact) mass is 465 g/mol. The number of nitrogens with zero attached hydrogens (tertiary/aromatic N) is 1. The maximum absolute atomic E-state index is 14.3. The number of carbonyl (C=O) groups is 3. The molecule has 0 aliphatic heterocycles. The van der Waals surface area contributed by atoms with Gasteiger partial charge in [0, 0.05) is 36.8 Å². The first-order valence-electron chi connectivity index (χ1n) is 11.1. The number of hydrogen-bond acceptors (Lipinski definition) is 4. The second-order valence-electron chi connectivity index (χ2n) is 9.14. The molecule has 0 bridgehead atoms. The quantitative estimate of drug-likeness (QED) is 0.605. The van der Waals surface area contributed by atoms with Gasteiger partial charge in [-0.05, 0) is 65.0 Å². The number of carbonyl (C=O) groups excluding carboxylic acids is 3.